The molecule has 0 bridgehead atoms. The molecular weight excluding hydrogens is 210 g/mol. The smallest absolute Gasteiger partial charge is 0.129 e. The van der Waals surface area contributed by atoms with Crippen LogP contribution in [0.15, 0.2) is 42.6 Å². The van der Waals surface area contributed by atoms with Gasteiger partial charge in [0.05, 0.1) is 5.69 Å². The Morgan fingerprint density at radius 2 is 1.94 bits per heavy atom. The third-order valence-corrected chi connectivity index (χ3v) is 2.60. The van der Waals surface area contributed by atoms with Crippen LogP contribution in [-0.2, 0) is 6.42 Å². The van der Waals surface area contributed by atoms with Crippen LogP contribution in [0.3, 0.4) is 0 Å². The van der Waals surface area contributed by atoms with E-state index >= 15 is 0 Å². The van der Waals surface area contributed by atoms with Gasteiger partial charge >= 0.3 is 0 Å². The molecule has 1 aromatic heterocycles. The van der Waals surface area contributed by atoms with Crippen molar-refractivity contribution in [2.24, 2.45) is 5.73 Å². The number of aryl methyl sites for hydroxylation is 1. The largest absolute Gasteiger partial charge is 0.328 e. The van der Waals surface area contributed by atoms with Gasteiger partial charge in [0.1, 0.15) is 5.82 Å². The van der Waals surface area contributed by atoms with Gasteiger partial charge in [-0.15, -0.1) is 0 Å². The van der Waals surface area contributed by atoms with Crippen molar-refractivity contribution in [2.45, 2.75) is 25.8 Å². The molecule has 0 saturated carbocycles. The normalized spacial score (nSPS) is 12.4. The lowest BCUT2D eigenvalue weighted by Gasteiger charge is -2.05. The highest BCUT2D eigenvalue weighted by molar-refractivity contribution is 5.58. The molecule has 1 atom stereocenters. The molecule has 1 heterocycles. The monoisotopic (exact) mass is 227 g/mol. The molecule has 0 fully saturated rings. The van der Waals surface area contributed by atoms with Gasteiger partial charge in [-0.2, -0.15) is 0 Å². The lowest BCUT2D eigenvalue weighted by atomic mass is 10.1. The Morgan fingerprint density at radius 1 is 1.18 bits per heavy atom. The van der Waals surface area contributed by atoms with Crippen molar-refractivity contribution < 1.29 is 0 Å². The molecule has 1 unspecified atom stereocenters. The maximum Gasteiger partial charge on any atom is 0.129 e. The van der Waals surface area contributed by atoms with Gasteiger partial charge in [-0.3, -0.25) is 0 Å². The molecule has 0 aliphatic carbocycles. The summed E-state index contributed by atoms with van der Waals surface area (Å²) in [6.07, 6.45) is 3.56. The average Bonchev–Trinajstić information content (AvgIpc) is 2.38. The highest BCUT2D eigenvalue weighted by Gasteiger charge is 2.03. The van der Waals surface area contributed by atoms with Crippen LogP contribution in [-0.4, -0.2) is 16.0 Å². The third-order valence-electron chi connectivity index (χ3n) is 2.60. The van der Waals surface area contributed by atoms with E-state index in [2.05, 4.69) is 22.1 Å². The van der Waals surface area contributed by atoms with E-state index in [9.17, 15) is 0 Å². The maximum absolute atomic E-state index is 5.73. The number of nitrogens with two attached hydrogens (primary N) is 1. The van der Waals surface area contributed by atoms with Crippen LogP contribution in [0.5, 0.6) is 0 Å². The van der Waals surface area contributed by atoms with Crippen LogP contribution >= 0.6 is 0 Å². The summed E-state index contributed by atoms with van der Waals surface area (Å²) in [6, 6.07) is 12.3. The molecule has 17 heavy (non-hydrogen) atoms. The SMILES string of the molecule is CC(N)CCc1nccc(-c2ccccc2)n1. The summed E-state index contributed by atoms with van der Waals surface area (Å²) in [6.45, 7) is 2.00. The second-order valence-corrected chi connectivity index (χ2v) is 4.24. The number of rotatable bonds is 4. The van der Waals surface area contributed by atoms with Crippen molar-refractivity contribution in [3.05, 3.63) is 48.4 Å². The molecule has 2 aromatic rings. The van der Waals surface area contributed by atoms with E-state index in [0.717, 1.165) is 29.9 Å². The Hall–Kier alpha value is -1.74. The summed E-state index contributed by atoms with van der Waals surface area (Å²) in [5, 5.41) is 0. The van der Waals surface area contributed by atoms with Crippen molar-refractivity contribution in [1.29, 1.82) is 0 Å². The van der Waals surface area contributed by atoms with Crippen LogP contribution in [0.2, 0.25) is 0 Å². The lowest BCUT2D eigenvalue weighted by molar-refractivity contribution is 0.648. The predicted octanol–water partition coefficient (Wildman–Crippen LogP) is 2.42. The molecule has 3 heteroatoms. The van der Waals surface area contributed by atoms with Gasteiger partial charge in [0.25, 0.3) is 0 Å². The van der Waals surface area contributed by atoms with Crippen molar-refractivity contribution in [3.8, 4) is 11.3 Å². The Bertz CT molecular complexity index is 466. The van der Waals surface area contributed by atoms with Gasteiger partial charge in [0, 0.05) is 24.2 Å². The molecule has 3 nitrogen and oxygen atoms in total. The summed E-state index contributed by atoms with van der Waals surface area (Å²) < 4.78 is 0. The van der Waals surface area contributed by atoms with Crippen LogP contribution in [0.1, 0.15) is 19.2 Å². The number of hydrogen-bond donors (Lipinski definition) is 1. The van der Waals surface area contributed by atoms with Gasteiger partial charge in [-0.25, -0.2) is 9.97 Å². The van der Waals surface area contributed by atoms with E-state index in [-0.39, 0.29) is 6.04 Å². The van der Waals surface area contributed by atoms with E-state index in [1.165, 1.54) is 0 Å². The second-order valence-electron chi connectivity index (χ2n) is 4.24. The zero-order chi connectivity index (χ0) is 12.1. The molecule has 2 rings (SSSR count). The summed E-state index contributed by atoms with van der Waals surface area (Å²) in [5.41, 5.74) is 7.83. The average molecular weight is 227 g/mol. The number of aromatic nitrogens is 2. The number of hydrogen-bond acceptors (Lipinski definition) is 3. The highest BCUT2D eigenvalue weighted by atomic mass is 14.9. The van der Waals surface area contributed by atoms with Crippen molar-refractivity contribution in [2.75, 3.05) is 0 Å². The first-order valence-corrected chi connectivity index (χ1v) is 5.88. The molecule has 1 aromatic carbocycles. The van der Waals surface area contributed by atoms with Crippen LogP contribution < -0.4 is 5.73 Å². The Morgan fingerprint density at radius 3 is 2.65 bits per heavy atom. The standard InChI is InChI=1S/C14H17N3/c1-11(15)7-8-14-16-10-9-13(17-14)12-5-3-2-4-6-12/h2-6,9-11H,7-8,15H2,1H3. The molecule has 0 aliphatic rings. The first kappa shape index (κ1) is 11.7. The summed E-state index contributed by atoms with van der Waals surface area (Å²) in [4.78, 5) is 8.82. The fourth-order valence-corrected chi connectivity index (χ4v) is 1.65. The van der Waals surface area contributed by atoms with Crippen LogP contribution in [0.25, 0.3) is 11.3 Å². The summed E-state index contributed by atoms with van der Waals surface area (Å²) >= 11 is 0. The first-order valence-electron chi connectivity index (χ1n) is 5.88. The van der Waals surface area contributed by atoms with Gasteiger partial charge in [0.2, 0.25) is 0 Å². The predicted molar refractivity (Wildman–Crippen MR) is 69.4 cm³/mol. The minimum Gasteiger partial charge on any atom is -0.328 e. The molecule has 0 aliphatic heterocycles. The molecular formula is C14H17N3. The Labute approximate surface area is 102 Å². The van der Waals surface area contributed by atoms with E-state index < -0.39 is 0 Å². The van der Waals surface area contributed by atoms with E-state index in [1.807, 2.05) is 37.4 Å². The van der Waals surface area contributed by atoms with E-state index in [1.54, 1.807) is 0 Å². The fraction of sp³-hybridized carbons (Fsp3) is 0.286. The summed E-state index contributed by atoms with van der Waals surface area (Å²) in [5.74, 6) is 0.864. The molecule has 0 spiro atoms. The molecule has 2 N–H and O–H groups in total. The topological polar surface area (TPSA) is 51.8 Å². The Balaban J connectivity index is 2.17. The fourth-order valence-electron chi connectivity index (χ4n) is 1.65. The van der Waals surface area contributed by atoms with Crippen molar-refractivity contribution in [1.82, 2.24) is 9.97 Å². The molecule has 0 saturated heterocycles. The number of nitrogens with zero attached hydrogens (tertiary/aromatic N) is 2. The minimum atomic E-state index is 0.194. The van der Waals surface area contributed by atoms with Crippen LogP contribution in [0.4, 0.5) is 0 Å². The second kappa shape index (κ2) is 5.55. The van der Waals surface area contributed by atoms with E-state index in [0.29, 0.717) is 0 Å². The van der Waals surface area contributed by atoms with Crippen molar-refractivity contribution >= 4 is 0 Å². The van der Waals surface area contributed by atoms with Gasteiger partial charge in [-0.1, -0.05) is 30.3 Å². The summed E-state index contributed by atoms with van der Waals surface area (Å²) in [7, 11) is 0. The molecule has 0 radical (unpaired) electrons. The zero-order valence-electron chi connectivity index (χ0n) is 10.0. The molecule has 0 amide bonds. The first-order chi connectivity index (χ1) is 8.25. The zero-order valence-corrected chi connectivity index (χ0v) is 10.0. The van der Waals surface area contributed by atoms with Crippen molar-refractivity contribution in [3.63, 3.8) is 0 Å². The maximum atomic E-state index is 5.73. The van der Waals surface area contributed by atoms with Gasteiger partial charge in [-0.05, 0) is 19.4 Å². The lowest BCUT2D eigenvalue weighted by Crippen LogP contribution is -2.16. The third kappa shape index (κ3) is 3.36. The number of benzene rings is 1. The van der Waals surface area contributed by atoms with Crippen LogP contribution in [0, 0.1) is 0 Å². The quantitative estimate of drug-likeness (QED) is 0.872. The van der Waals surface area contributed by atoms with Gasteiger partial charge < -0.3 is 5.73 Å². The Kier molecular flexibility index (Phi) is 3.83. The van der Waals surface area contributed by atoms with Gasteiger partial charge in [0.15, 0.2) is 0 Å². The van der Waals surface area contributed by atoms with E-state index in [4.69, 9.17) is 5.73 Å². The minimum absolute atomic E-state index is 0.194. The highest BCUT2D eigenvalue weighted by Crippen LogP contribution is 2.15. The molecule has 88 valence electrons.